The van der Waals surface area contributed by atoms with Gasteiger partial charge in [0.15, 0.2) is 0 Å². The average molecular weight is 1110 g/mol. The average Bonchev–Trinajstić information content (AvgIpc) is 4.15. The number of benzene rings is 1. The van der Waals surface area contributed by atoms with E-state index in [2.05, 4.69) is 73.5 Å². The number of halogens is 4. The number of nitrogens with one attached hydrogen (secondary N) is 2. The number of rotatable bonds is 13. The van der Waals surface area contributed by atoms with Gasteiger partial charge in [-0.3, -0.25) is 38.8 Å². The molecule has 7 aliphatic rings. The highest BCUT2D eigenvalue weighted by atomic mass is 79.9. The number of hydrogen-bond donors (Lipinski definition) is 2. The van der Waals surface area contributed by atoms with Crippen molar-refractivity contribution < 1.29 is 37.1 Å². The van der Waals surface area contributed by atoms with E-state index in [0.29, 0.717) is 56.7 Å². The number of fused-ring (bicyclic) bond motifs is 2. The van der Waals surface area contributed by atoms with Crippen molar-refractivity contribution in [3.8, 4) is 0 Å². The molecule has 3 saturated carbocycles. The van der Waals surface area contributed by atoms with E-state index in [1.165, 1.54) is 11.1 Å². The van der Waals surface area contributed by atoms with Crippen LogP contribution in [0.3, 0.4) is 0 Å². The molecule has 17 heteroatoms. The maximum atomic E-state index is 14.7. The first-order valence-corrected chi connectivity index (χ1v) is 29.1. The van der Waals surface area contributed by atoms with Crippen molar-refractivity contribution in [2.45, 2.75) is 166 Å². The molecular weight excluding hydrogens is 1040 g/mol. The monoisotopic (exact) mass is 1110 g/mol. The normalized spacial score (nSPS) is 27.8. The fraction of sp³-hybridized carbons (Fsp3) is 0.644. The molecular formula is C59H76BrF3N8O5. The lowest BCUT2D eigenvalue weighted by Gasteiger charge is -2.46. The lowest BCUT2D eigenvalue weighted by atomic mass is 9.65. The van der Waals surface area contributed by atoms with Crippen molar-refractivity contribution in [1.82, 2.24) is 40.2 Å². The summed E-state index contributed by atoms with van der Waals surface area (Å²) in [5.41, 5.74) is 3.33. The third-order valence-electron chi connectivity index (χ3n) is 19.5. The fourth-order valence-corrected chi connectivity index (χ4v) is 15.2. The van der Waals surface area contributed by atoms with E-state index in [1.54, 1.807) is 29.2 Å². The van der Waals surface area contributed by atoms with Crippen LogP contribution in [0.25, 0.3) is 0 Å². The van der Waals surface area contributed by atoms with Crippen LogP contribution in [-0.2, 0) is 49.5 Å². The Morgan fingerprint density at radius 1 is 0.855 bits per heavy atom. The summed E-state index contributed by atoms with van der Waals surface area (Å²) in [5, 5.41) is 6.63. The van der Waals surface area contributed by atoms with Crippen LogP contribution in [0.1, 0.15) is 162 Å². The summed E-state index contributed by atoms with van der Waals surface area (Å²) >= 11 is 3.66. The molecule has 3 aliphatic heterocycles. The van der Waals surface area contributed by atoms with E-state index in [9.17, 15) is 37.1 Å². The minimum Gasteiger partial charge on any atom is -0.356 e. The SMILES string of the molecule is CC(C)[C@]1(C(=O)N2CCc3ncc(C(F)(F)F)cc3C2)CC[C@@H](N(CCCNC(=O)C2CCC(NC(=O)C3CCC4(CC3)CCN(C(=O)[C@H]3CC(=O)N(C)[C@@H]3c3cccnc3)CC4)CC2)[C@@H]2CCc3cc(Br)ccc32)C1. The zero-order valence-electron chi connectivity index (χ0n) is 44.5. The lowest BCUT2D eigenvalue weighted by Crippen LogP contribution is -2.49. The summed E-state index contributed by atoms with van der Waals surface area (Å²) in [6, 6.07) is 11.5. The van der Waals surface area contributed by atoms with Gasteiger partial charge in [-0.15, -0.1) is 0 Å². The van der Waals surface area contributed by atoms with Gasteiger partial charge in [-0.1, -0.05) is 41.9 Å². The van der Waals surface area contributed by atoms with E-state index < -0.39 is 23.1 Å². The molecule has 10 rings (SSSR count). The summed E-state index contributed by atoms with van der Waals surface area (Å²) in [6.45, 7) is 7.42. The summed E-state index contributed by atoms with van der Waals surface area (Å²) < 4.78 is 42.1. The molecule has 5 fully saturated rings. The zero-order valence-corrected chi connectivity index (χ0v) is 46.1. The molecule has 2 saturated heterocycles. The molecule has 0 unspecified atom stereocenters. The molecule has 0 bridgehead atoms. The fourth-order valence-electron chi connectivity index (χ4n) is 14.8. The van der Waals surface area contributed by atoms with Gasteiger partial charge >= 0.3 is 6.18 Å². The maximum absolute atomic E-state index is 14.7. The van der Waals surface area contributed by atoms with Gasteiger partial charge in [0.25, 0.3) is 0 Å². The number of likely N-dealkylation sites (tertiary alicyclic amines) is 2. The number of nitrogens with zero attached hydrogens (tertiary/aromatic N) is 6. The van der Waals surface area contributed by atoms with Crippen molar-refractivity contribution in [2.75, 3.05) is 39.8 Å². The highest BCUT2D eigenvalue weighted by Gasteiger charge is 2.52. The van der Waals surface area contributed by atoms with Crippen molar-refractivity contribution in [3.63, 3.8) is 0 Å². The molecule has 2 aromatic heterocycles. The topological polar surface area (TPSA) is 148 Å². The number of carbonyl (C=O) groups is 5. The molecule has 1 spiro atoms. The summed E-state index contributed by atoms with van der Waals surface area (Å²) in [6.07, 6.45) is 13.8. The minimum atomic E-state index is -4.51. The Morgan fingerprint density at radius 2 is 1.61 bits per heavy atom. The first kappa shape index (κ1) is 54.5. The summed E-state index contributed by atoms with van der Waals surface area (Å²) in [5.74, 6) is -0.245. The number of carbonyl (C=O) groups excluding carboxylic acids is 5. The zero-order chi connectivity index (χ0) is 53.5. The standard InChI is InChI=1S/C59H76BrF3N8O5/c1-37(2)58(56(76)70-27-18-49-42(36-70)30-43(35-66-49)59(61,62)63)21-17-46(33-58)71(50-14-9-40-31-44(60)10-13-47(40)50)26-5-25-65-53(73)38-7-11-45(12-8-38)67-54(74)39-15-19-57(20-16-39)22-28-69(29-23-57)55(75)48-32-51(72)68(3)52(48)41-6-4-24-64-34-41/h4,6,10,13,24,30-31,34-35,37-39,45-46,48,50,52H,5,7-9,11-12,14-23,25-29,32-33,36H2,1-3H3,(H,65,73)(H,67,74)/t38?,45?,46-,48+,50-,52-,58+/m1/s1. The van der Waals surface area contributed by atoms with Crippen LogP contribution in [0.5, 0.6) is 0 Å². The van der Waals surface area contributed by atoms with Crippen LogP contribution in [0.4, 0.5) is 13.2 Å². The lowest BCUT2D eigenvalue weighted by molar-refractivity contribution is -0.146. The van der Waals surface area contributed by atoms with E-state index >= 15 is 0 Å². The minimum absolute atomic E-state index is 0.0171. The first-order valence-electron chi connectivity index (χ1n) is 28.3. The van der Waals surface area contributed by atoms with Crippen molar-refractivity contribution in [1.29, 1.82) is 0 Å². The Hall–Kier alpha value is -4.90. The van der Waals surface area contributed by atoms with Gasteiger partial charge in [0.1, 0.15) is 0 Å². The Bertz CT molecular complexity index is 2630. The van der Waals surface area contributed by atoms with Crippen LogP contribution in [-0.4, -0.2) is 111 Å². The van der Waals surface area contributed by atoms with Gasteiger partial charge in [-0.25, -0.2) is 0 Å². The second-order valence-electron chi connectivity index (χ2n) is 24.0. The molecule has 410 valence electrons. The Labute approximate surface area is 454 Å². The van der Waals surface area contributed by atoms with Crippen LogP contribution in [0.15, 0.2) is 59.5 Å². The highest BCUT2D eigenvalue weighted by Crippen LogP contribution is 2.51. The third-order valence-corrected chi connectivity index (χ3v) is 20.0. The second kappa shape index (κ2) is 22.5. The summed E-state index contributed by atoms with van der Waals surface area (Å²) in [4.78, 5) is 85.2. The van der Waals surface area contributed by atoms with Gasteiger partial charge in [0.2, 0.25) is 29.5 Å². The Morgan fingerprint density at radius 3 is 2.32 bits per heavy atom. The number of aryl methyl sites for hydroxylation is 1. The van der Waals surface area contributed by atoms with Crippen LogP contribution >= 0.6 is 15.9 Å². The van der Waals surface area contributed by atoms with Gasteiger partial charge in [0, 0.05) is 118 Å². The maximum Gasteiger partial charge on any atom is 0.417 e. The molecule has 3 aromatic rings. The number of hydrogen-bond acceptors (Lipinski definition) is 8. The second-order valence-corrected chi connectivity index (χ2v) is 24.9. The van der Waals surface area contributed by atoms with E-state index in [-0.39, 0.29) is 89.8 Å². The van der Waals surface area contributed by atoms with Crippen LogP contribution in [0.2, 0.25) is 0 Å². The molecule has 13 nitrogen and oxygen atoms in total. The quantitative estimate of drug-likeness (QED) is 0.161. The van der Waals surface area contributed by atoms with E-state index in [1.807, 2.05) is 17.0 Å². The molecule has 2 N–H and O–H groups in total. The smallest absolute Gasteiger partial charge is 0.356 e. The number of amides is 5. The molecule has 5 amide bonds. The van der Waals surface area contributed by atoms with Crippen LogP contribution < -0.4 is 10.6 Å². The molecule has 4 aliphatic carbocycles. The molecule has 1 aromatic carbocycles. The highest BCUT2D eigenvalue weighted by molar-refractivity contribution is 9.10. The predicted octanol–water partition coefficient (Wildman–Crippen LogP) is 9.53. The van der Waals surface area contributed by atoms with Gasteiger partial charge in [-0.2, -0.15) is 13.2 Å². The van der Waals surface area contributed by atoms with Gasteiger partial charge in [-0.05, 0) is 161 Å². The van der Waals surface area contributed by atoms with E-state index in [4.69, 9.17) is 0 Å². The van der Waals surface area contributed by atoms with Crippen molar-refractivity contribution >= 4 is 45.5 Å². The van der Waals surface area contributed by atoms with E-state index in [0.717, 1.165) is 119 Å². The molecule has 76 heavy (non-hydrogen) atoms. The number of aromatic nitrogens is 2. The molecule has 5 atom stereocenters. The van der Waals surface area contributed by atoms with Crippen molar-refractivity contribution in [2.24, 2.45) is 34.5 Å². The molecule has 0 radical (unpaired) electrons. The largest absolute Gasteiger partial charge is 0.417 e. The first-order chi connectivity index (χ1) is 36.4. The number of alkyl halides is 3. The molecule has 5 heterocycles. The summed E-state index contributed by atoms with van der Waals surface area (Å²) in [7, 11) is 1.77. The van der Waals surface area contributed by atoms with Gasteiger partial charge < -0.3 is 25.3 Å². The van der Waals surface area contributed by atoms with Gasteiger partial charge in [0.05, 0.1) is 22.9 Å². The predicted molar refractivity (Wildman–Crippen MR) is 285 cm³/mol. The Balaban J connectivity index is 0.680. The Kier molecular flexibility index (Phi) is 16.1. The van der Waals surface area contributed by atoms with Crippen molar-refractivity contribution in [3.05, 3.63) is 93.0 Å². The number of pyridine rings is 2. The third kappa shape index (κ3) is 11.2. The van der Waals surface area contributed by atoms with Crippen LogP contribution in [0, 0.1) is 34.5 Å². The number of piperidine rings is 1.